The molecular formula is C20H23N5O2S. The van der Waals surface area contributed by atoms with Gasteiger partial charge >= 0.3 is 5.97 Å². The van der Waals surface area contributed by atoms with Crippen molar-refractivity contribution >= 4 is 28.1 Å². The fraction of sp³-hybridized carbons (Fsp3) is 0.350. The quantitative estimate of drug-likeness (QED) is 0.662. The van der Waals surface area contributed by atoms with Gasteiger partial charge in [0, 0.05) is 30.7 Å². The zero-order valence-corrected chi connectivity index (χ0v) is 16.5. The smallest absolute Gasteiger partial charge is 0.306 e. The van der Waals surface area contributed by atoms with Crippen molar-refractivity contribution in [2.24, 2.45) is 5.92 Å². The fourth-order valence-electron chi connectivity index (χ4n) is 3.36. The number of carbonyl (C=O) groups is 1. The zero-order valence-electron chi connectivity index (χ0n) is 15.7. The molecule has 0 radical (unpaired) electrons. The SMILES string of the molecule is Cc1ccc(NCc2cccn2-c2nnc(N3CCC(C(=O)O)CC3)s2)cc1. The molecule has 0 spiro atoms. The predicted octanol–water partition coefficient (Wildman–Crippen LogP) is 3.55. The average Bonchev–Trinajstić information content (AvgIpc) is 3.37. The number of hydrogen-bond donors (Lipinski definition) is 2. The van der Waals surface area contributed by atoms with Crippen molar-refractivity contribution in [3.8, 4) is 5.13 Å². The fourth-order valence-corrected chi connectivity index (χ4v) is 4.28. The van der Waals surface area contributed by atoms with Gasteiger partial charge in [-0.05, 0) is 44.0 Å². The van der Waals surface area contributed by atoms with Crippen LogP contribution in [0.4, 0.5) is 10.8 Å². The molecule has 0 atom stereocenters. The molecule has 146 valence electrons. The number of rotatable bonds is 6. The number of benzene rings is 1. The number of nitrogens with zero attached hydrogens (tertiary/aromatic N) is 4. The van der Waals surface area contributed by atoms with E-state index in [1.54, 1.807) is 0 Å². The lowest BCUT2D eigenvalue weighted by Crippen LogP contribution is -2.36. The number of nitrogens with one attached hydrogen (secondary N) is 1. The highest BCUT2D eigenvalue weighted by molar-refractivity contribution is 7.17. The normalized spacial score (nSPS) is 15.0. The first-order chi connectivity index (χ1) is 13.6. The van der Waals surface area contributed by atoms with Crippen molar-refractivity contribution in [1.29, 1.82) is 0 Å². The molecule has 1 aliphatic rings. The molecule has 3 heterocycles. The van der Waals surface area contributed by atoms with E-state index >= 15 is 0 Å². The number of anilines is 2. The Kier molecular flexibility index (Phi) is 5.29. The molecule has 1 saturated heterocycles. The molecule has 0 aliphatic carbocycles. The van der Waals surface area contributed by atoms with Crippen LogP contribution in [0.2, 0.25) is 0 Å². The van der Waals surface area contributed by atoms with Crippen LogP contribution in [0.25, 0.3) is 5.13 Å². The van der Waals surface area contributed by atoms with E-state index in [1.165, 1.54) is 16.9 Å². The first-order valence-corrected chi connectivity index (χ1v) is 10.2. The van der Waals surface area contributed by atoms with Crippen LogP contribution in [0.5, 0.6) is 0 Å². The van der Waals surface area contributed by atoms with E-state index in [4.69, 9.17) is 5.11 Å². The minimum Gasteiger partial charge on any atom is -0.481 e. The van der Waals surface area contributed by atoms with Crippen molar-refractivity contribution < 1.29 is 9.90 Å². The monoisotopic (exact) mass is 397 g/mol. The number of aryl methyl sites for hydroxylation is 1. The Morgan fingerprint density at radius 2 is 1.89 bits per heavy atom. The van der Waals surface area contributed by atoms with Crippen LogP contribution < -0.4 is 10.2 Å². The molecule has 3 aromatic rings. The van der Waals surface area contributed by atoms with E-state index in [2.05, 4.69) is 57.7 Å². The largest absolute Gasteiger partial charge is 0.481 e. The number of piperidine rings is 1. The number of aliphatic carboxylic acids is 1. The molecule has 2 aromatic heterocycles. The molecule has 2 N–H and O–H groups in total. The second-order valence-electron chi connectivity index (χ2n) is 7.06. The standard InChI is InChI=1S/C20H23N5O2S/c1-14-4-6-16(7-5-14)21-13-17-3-2-10-25(17)20-23-22-19(28-20)24-11-8-15(9-12-24)18(26)27/h2-7,10,15,21H,8-9,11-13H2,1H3,(H,26,27). The summed E-state index contributed by atoms with van der Waals surface area (Å²) in [5, 5.41) is 23.0. The van der Waals surface area contributed by atoms with Gasteiger partial charge in [0.1, 0.15) is 0 Å². The number of carboxylic acid groups (broad SMARTS) is 1. The second kappa shape index (κ2) is 8.02. The summed E-state index contributed by atoms with van der Waals surface area (Å²) in [6.45, 7) is 4.18. The molecule has 1 aromatic carbocycles. The molecule has 4 rings (SSSR count). The van der Waals surface area contributed by atoms with Crippen molar-refractivity contribution in [1.82, 2.24) is 14.8 Å². The Balaban J connectivity index is 1.42. The van der Waals surface area contributed by atoms with Crippen LogP contribution in [-0.4, -0.2) is 38.9 Å². The third-order valence-electron chi connectivity index (χ3n) is 5.08. The second-order valence-corrected chi connectivity index (χ2v) is 7.99. The molecule has 0 bridgehead atoms. The summed E-state index contributed by atoms with van der Waals surface area (Å²) in [4.78, 5) is 13.3. The van der Waals surface area contributed by atoms with Crippen molar-refractivity contribution in [2.45, 2.75) is 26.3 Å². The number of hydrogen-bond acceptors (Lipinski definition) is 6. The molecule has 0 saturated carbocycles. The van der Waals surface area contributed by atoms with Gasteiger partial charge in [-0.1, -0.05) is 29.0 Å². The Hall–Kier alpha value is -2.87. The minimum atomic E-state index is -0.698. The van der Waals surface area contributed by atoms with Gasteiger partial charge in [-0.2, -0.15) is 0 Å². The van der Waals surface area contributed by atoms with Gasteiger partial charge < -0.3 is 15.3 Å². The molecule has 0 amide bonds. The lowest BCUT2D eigenvalue weighted by molar-refractivity contribution is -0.142. The molecule has 1 aliphatic heterocycles. The summed E-state index contributed by atoms with van der Waals surface area (Å²) in [5.74, 6) is -0.941. The van der Waals surface area contributed by atoms with Crippen LogP contribution in [0.15, 0.2) is 42.6 Å². The van der Waals surface area contributed by atoms with Gasteiger partial charge in [-0.25, -0.2) is 0 Å². The minimum absolute atomic E-state index is 0.243. The summed E-state index contributed by atoms with van der Waals surface area (Å²) in [5.41, 5.74) is 3.42. The summed E-state index contributed by atoms with van der Waals surface area (Å²) < 4.78 is 2.05. The van der Waals surface area contributed by atoms with E-state index < -0.39 is 5.97 Å². The van der Waals surface area contributed by atoms with E-state index in [-0.39, 0.29) is 5.92 Å². The Bertz CT molecular complexity index is 942. The van der Waals surface area contributed by atoms with Gasteiger partial charge in [0.2, 0.25) is 10.3 Å². The zero-order chi connectivity index (χ0) is 19.5. The summed E-state index contributed by atoms with van der Waals surface area (Å²) >= 11 is 1.54. The Labute approximate surface area is 167 Å². The number of aromatic nitrogens is 3. The predicted molar refractivity (Wildman–Crippen MR) is 110 cm³/mol. The van der Waals surface area contributed by atoms with Crippen LogP contribution in [0.3, 0.4) is 0 Å². The summed E-state index contributed by atoms with van der Waals surface area (Å²) in [7, 11) is 0. The first-order valence-electron chi connectivity index (χ1n) is 9.38. The highest BCUT2D eigenvalue weighted by Crippen LogP contribution is 2.28. The van der Waals surface area contributed by atoms with Gasteiger partial charge in [-0.3, -0.25) is 9.36 Å². The van der Waals surface area contributed by atoms with Crippen LogP contribution >= 0.6 is 11.3 Å². The lowest BCUT2D eigenvalue weighted by atomic mass is 9.98. The highest BCUT2D eigenvalue weighted by atomic mass is 32.1. The van der Waals surface area contributed by atoms with Gasteiger partial charge in [0.05, 0.1) is 12.5 Å². The van der Waals surface area contributed by atoms with Crippen LogP contribution in [0.1, 0.15) is 24.1 Å². The topological polar surface area (TPSA) is 83.3 Å². The third kappa shape index (κ3) is 4.01. The molecule has 28 heavy (non-hydrogen) atoms. The molecule has 8 heteroatoms. The Morgan fingerprint density at radius 3 is 2.61 bits per heavy atom. The van der Waals surface area contributed by atoms with Crippen molar-refractivity contribution in [3.63, 3.8) is 0 Å². The maximum atomic E-state index is 11.1. The van der Waals surface area contributed by atoms with E-state index in [9.17, 15) is 4.79 Å². The lowest BCUT2D eigenvalue weighted by Gasteiger charge is -2.29. The molecule has 1 fully saturated rings. The summed E-state index contributed by atoms with van der Waals surface area (Å²) in [6, 6.07) is 12.4. The van der Waals surface area contributed by atoms with Crippen molar-refractivity contribution in [3.05, 3.63) is 53.9 Å². The van der Waals surface area contributed by atoms with E-state index in [0.717, 1.165) is 21.6 Å². The molecule has 7 nitrogen and oxygen atoms in total. The van der Waals surface area contributed by atoms with E-state index in [1.807, 2.05) is 16.8 Å². The van der Waals surface area contributed by atoms with Crippen molar-refractivity contribution in [2.75, 3.05) is 23.3 Å². The summed E-state index contributed by atoms with van der Waals surface area (Å²) in [6.07, 6.45) is 3.30. The maximum absolute atomic E-state index is 11.1. The van der Waals surface area contributed by atoms with Gasteiger partial charge in [0.25, 0.3) is 0 Å². The third-order valence-corrected chi connectivity index (χ3v) is 6.07. The van der Waals surface area contributed by atoms with E-state index in [0.29, 0.717) is 32.5 Å². The maximum Gasteiger partial charge on any atom is 0.306 e. The number of carboxylic acids is 1. The molecule has 0 unspecified atom stereocenters. The highest BCUT2D eigenvalue weighted by Gasteiger charge is 2.26. The first kappa shape index (κ1) is 18.5. The van der Waals surface area contributed by atoms with Crippen LogP contribution in [0, 0.1) is 12.8 Å². The van der Waals surface area contributed by atoms with Crippen LogP contribution in [-0.2, 0) is 11.3 Å². The van der Waals surface area contributed by atoms with Gasteiger partial charge in [0.15, 0.2) is 0 Å². The Morgan fingerprint density at radius 1 is 1.18 bits per heavy atom. The molecular weight excluding hydrogens is 374 g/mol. The average molecular weight is 398 g/mol. The van der Waals surface area contributed by atoms with Gasteiger partial charge in [-0.15, -0.1) is 10.2 Å².